The molecular weight excluding hydrogens is 303 g/mol. The van der Waals surface area contributed by atoms with Crippen molar-refractivity contribution in [2.45, 2.75) is 26.4 Å². The highest BCUT2D eigenvalue weighted by molar-refractivity contribution is 6.36. The number of hydrogen-bond donors (Lipinski definition) is 1. The summed E-state index contributed by atoms with van der Waals surface area (Å²) in [5.74, 6) is -0.380. The van der Waals surface area contributed by atoms with Crippen molar-refractivity contribution in [1.29, 1.82) is 0 Å². The Morgan fingerprint density at radius 3 is 2.70 bits per heavy atom. The van der Waals surface area contributed by atoms with Crippen LogP contribution in [-0.4, -0.2) is 23.0 Å². The van der Waals surface area contributed by atoms with Crippen LogP contribution in [0.25, 0.3) is 0 Å². The van der Waals surface area contributed by atoms with Gasteiger partial charge < -0.3 is 10.1 Å². The average molecular weight is 317 g/mol. The number of halogens is 2. The fraction of sp³-hybridized carbons (Fsp3) is 0.462. The minimum atomic E-state index is -0.899. The fourth-order valence-electron chi connectivity index (χ4n) is 1.69. The third-order valence-electron chi connectivity index (χ3n) is 3.12. The molecule has 108 valence electrons. The molecule has 0 spiro atoms. The van der Waals surface area contributed by atoms with Crippen molar-refractivity contribution >= 4 is 40.9 Å². The molecule has 1 aromatic heterocycles. The Bertz CT molecular complexity index is 550. The molecule has 20 heavy (non-hydrogen) atoms. The maximum Gasteiger partial charge on any atom is 0.309 e. The number of rotatable bonds is 4. The van der Waals surface area contributed by atoms with Crippen LogP contribution in [0.15, 0.2) is 12.3 Å². The van der Waals surface area contributed by atoms with E-state index in [1.54, 1.807) is 0 Å². The molecule has 1 aromatic rings. The van der Waals surface area contributed by atoms with E-state index in [4.69, 9.17) is 27.9 Å². The van der Waals surface area contributed by atoms with Crippen molar-refractivity contribution in [3.8, 4) is 0 Å². The second-order valence-corrected chi connectivity index (χ2v) is 5.72. The highest BCUT2D eigenvalue weighted by Gasteiger charge is 2.41. The number of aromatic nitrogens is 1. The van der Waals surface area contributed by atoms with Crippen LogP contribution < -0.4 is 5.32 Å². The van der Waals surface area contributed by atoms with Gasteiger partial charge >= 0.3 is 5.97 Å². The molecule has 0 bridgehead atoms. The summed E-state index contributed by atoms with van der Waals surface area (Å²) in [5, 5.41) is 3.09. The van der Waals surface area contributed by atoms with Crippen molar-refractivity contribution in [2.24, 2.45) is 11.8 Å². The van der Waals surface area contributed by atoms with E-state index in [2.05, 4.69) is 10.3 Å². The maximum absolute atomic E-state index is 11.9. The molecule has 1 fully saturated rings. The van der Waals surface area contributed by atoms with Crippen LogP contribution in [0.2, 0.25) is 10.0 Å². The van der Waals surface area contributed by atoms with E-state index in [1.807, 2.05) is 6.92 Å². The topological polar surface area (TPSA) is 68.3 Å². The summed E-state index contributed by atoms with van der Waals surface area (Å²) < 4.78 is 5.09. The number of pyridine rings is 1. The standard InChI is InChI=1S/C13H14Cl2N2O3/c1-6-3-9(6)13(19)20-7(2)12(18)17-11-10(15)4-8(14)5-16-11/h4-7,9H,3H2,1-2H3,(H,16,17,18)/t6-,7-,9+/m0/s1. The van der Waals surface area contributed by atoms with Gasteiger partial charge in [0.1, 0.15) is 0 Å². The Labute approximate surface area is 126 Å². The van der Waals surface area contributed by atoms with E-state index in [9.17, 15) is 9.59 Å². The summed E-state index contributed by atoms with van der Waals surface area (Å²) in [4.78, 5) is 27.4. The van der Waals surface area contributed by atoms with Gasteiger partial charge in [-0.15, -0.1) is 0 Å². The molecule has 5 nitrogen and oxygen atoms in total. The van der Waals surface area contributed by atoms with E-state index in [0.29, 0.717) is 10.9 Å². The van der Waals surface area contributed by atoms with Gasteiger partial charge in [-0.3, -0.25) is 9.59 Å². The lowest BCUT2D eigenvalue weighted by Gasteiger charge is -2.13. The molecule has 0 saturated heterocycles. The van der Waals surface area contributed by atoms with Crippen LogP contribution in [-0.2, 0) is 14.3 Å². The molecule has 1 aliphatic carbocycles. The van der Waals surface area contributed by atoms with Crippen LogP contribution in [0.3, 0.4) is 0 Å². The minimum Gasteiger partial charge on any atom is -0.452 e. The average Bonchev–Trinajstić information content (AvgIpc) is 3.10. The number of hydrogen-bond acceptors (Lipinski definition) is 4. The Balaban J connectivity index is 1.92. The first-order chi connectivity index (χ1) is 9.38. The van der Waals surface area contributed by atoms with Crippen LogP contribution in [0.5, 0.6) is 0 Å². The number of carbonyl (C=O) groups is 2. The summed E-state index contributed by atoms with van der Waals surface area (Å²) in [5.41, 5.74) is 0. The normalized spacial score (nSPS) is 22.0. The number of nitrogens with zero attached hydrogens (tertiary/aromatic N) is 1. The summed E-state index contributed by atoms with van der Waals surface area (Å²) in [7, 11) is 0. The fourth-order valence-corrected chi connectivity index (χ4v) is 2.12. The summed E-state index contributed by atoms with van der Waals surface area (Å²) in [6.45, 7) is 3.47. The van der Waals surface area contributed by atoms with E-state index in [0.717, 1.165) is 6.42 Å². The third-order valence-corrected chi connectivity index (χ3v) is 3.62. The molecule has 1 amide bonds. The predicted octanol–water partition coefficient (Wildman–Crippen LogP) is 2.91. The first-order valence-electron chi connectivity index (χ1n) is 6.21. The second kappa shape index (κ2) is 5.97. The van der Waals surface area contributed by atoms with Crippen LogP contribution in [0, 0.1) is 11.8 Å². The third kappa shape index (κ3) is 3.61. The van der Waals surface area contributed by atoms with Gasteiger partial charge in [0.15, 0.2) is 11.9 Å². The molecule has 7 heteroatoms. The molecule has 1 heterocycles. The molecule has 1 N–H and O–H groups in total. The Kier molecular flexibility index (Phi) is 4.50. The van der Waals surface area contributed by atoms with Gasteiger partial charge in [0.25, 0.3) is 5.91 Å². The predicted molar refractivity (Wildman–Crippen MR) is 75.7 cm³/mol. The zero-order chi connectivity index (χ0) is 14.9. The van der Waals surface area contributed by atoms with E-state index in [1.165, 1.54) is 19.2 Å². The Morgan fingerprint density at radius 2 is 2.15 bits per heavy atom. The highest BCUT2D eigenvalue weighted by Crippen LogP contribution is 2.38. The first kappa shape index (κ1) is 15.1. The van der Waals surface area contributed by atoms with E-state index >= 15 is 0 Å². The summed E-state index contributed by atoms with van der Waals surface area (Å²) >= 11 is 11.6. The Morgan fingerprint density at radius 1 is 1.50 bits per heavy atom. The van der Waals surface area contributed by atoms with Crippen molar-refractivity contribution in [3.05, 3.63) is 22.3 Å². The number of amides is 1. The zero-order valence-electron chi connectivity index (χ0n) is 11.0. The molecule has 3 atom stereocenters. The molecule has 0 aromatic carbocycles. The lowest BCUT2D eigenvalue weighted by Crippen LogP contribution is -2.31. The van der Waals surface area contributed by atoms with E-state index < -0.39 is 12.0 Å². The number of ether oxygens (including phenoxy) is 1. The molecule has 1 aliphatic rings. The molecular formula is C13H14Cl2N2O3. The van der Waals surface area contributed by atoms with Gasteiger partial charge in [-0.2, -0.15) is 0 Å². The van der Waals surface area contributed by atoms with Crippen molar-refractivity contribution in [2.75, 3.05) is 5.32 Å². The van der Waals surface area contributed by atoms with Crippen LogP contribution >= 0.6 is 23.2 Å². The lowest BCUT2D eigenvalue weighted by atomic mass is 10.3. The smallest absolute Gasteiger partial charge is 0.309 e. The highest BCUT2D eigenvalue weighted by atomic mass is 35.5. The molecule has 2 rings (SSSR count). The molecule has 0 aliphatic heterocycles. The van der Waals surface area contributed by atoms with E-state index in [-0.39, 0.29) is 22.7 Å². The number of carbonyl (C=O) groups excluding carboxylic acids is 2. The second-order valence-electron chi connectivity index (χ2n) is 4.87. The molecule has 0 radical (unpaired) electrons. The molecule has 1 saturated carbocycles. The maximum atomic E-state index is 11.9. The monoisotopic (exact) mass is 316 g/mol. The number of nitrogens with one attached hydrogen (secondary N) is 1. The SMILES string of the molecule is C[C@H](OC(=O)[C@@H]1C[C@@H]1C)C(=O)Nc1ncc(Cl)cc1Cl. The number of esters is 1. The van der Waals surface area contributed by atoms with Crippen LogP contribution in [0.1, 0.15) is 20.3 Å². The molecule has 0 unspecified atom stereocenters. The summed E-state index contributed by atoms with van der Waals surface area (Å²) in [6, 6.07) is 1.47. The largest absolute Gasteiger partial charge is 0.452 e. The van der Waals surface area contributed by atoms with Gasteiger partial charge in [-0.25, -0.2) is 4.98 Å². The summed E-state index contributed by atoms with van der Waals surface area (Å²) in [6.07, 6.45) is 1.28. The minimum absolute atomic E-state index is 0.0810. The van der Waals surface area contributed by atoms with Crippen molar-refractivity contribution in [3.63, 3.8) is 0 Å². The Hall–Kier alpha value is -1.33. The first-order valence-corrected chi connectivity index (χ1v) is 6.96. The van der Waals surface area contributed by atoms with Crippen molar-refractivity contribution < 1.29 is 14.3 Å². The van der Waals surface area contributed by atoms with Gasteiger partial charge in [-0.05, 0) is 25.3 Å². The van der Waals surface area contributed by atoms with Crippen molar-refractivity contribution in [1.82, 2.24) is 4.98 Å². The van der Waals surface area contributed by atoms with Gasteiger partial charge in [-0.1, -0.05) is 30.1 Å². The number of anilines is 1. The zero-order valence-corrected chi connectivity index (χ0v) is 12.5. The van der Waals surface area contributed by atoms with Gasteiger partial charge in [0.2, 0.25) is 0 Å². The lowest BCUT2D eigenvalue weighted by molar-refractivity contribution is -0.154. The van der Waals surface area contributed by atoms with Crippen LogP contribution in [0.4, 0.5) is 5.82 Å². The van der Waals surface area contributed by atoms with Gasteiger partial charge in [0, 0.05) is 6.20 Å². The quantitative estimate of drug-likeness (QED) is 0.867. The van der Waals surface area contributed by atoms with Gasteiger partial charge in [0.05, 0.1) is 16.0 Å².